The Balaban J connectivity index is 1.59. The van der Waals surface area contributed by atoms with E-state index in [4.69, 9.17) is 9.47 Å². The molecule has 1 N–H and O–H groups in total. The molecular weight excluding hydrogens is 454 g/mol. The molecule has 0 unspecified atom stereocenters. The zero-order chi connectivity index (χ0) is 24.2. The fraction of sp³-hybridized carbons (Fsp3) is 0.200. The minimum atomic E-state index is -0.877. The van der Waals surface area contributed by atoms with Gasteiger partial charge in [-0.2, -0.15) is 0 Å². The van der Waals surface area contributed by atoms with E-state index in [0.717, 1.165) is 16.9 Å². The first-order chi connectivity index (χ1) is 16.4. The molecule has 4 aromatic rings. The van der Waals surface area contributed by atoms with Crippen LogP contribution in [0, 0.1) is 6.92 Å². The smallest absolute Gasteiger partial charge is 0.329 e. The molecule has 4 rings (SSSR count). The van der Waals surface area contributed by atoms with Crippen molar-refractivity contribution in [3.05, 3.63) is 87.3 Å². The first-order valence-corrected chi connectivity index (χ1v) is 11.4. The quantitative estimate of drug-likeness (QED) is 0.398. The third kappa shape index (κ3) is 4.55. The lowest BCUT2D eigenvalue weighted by Crippen LogP contribution is -2.29. The minimum Gasteiger partial charge on any atom is -0.495 e. The van der Waals surface area contributed by atoms with Crippen molar-refractivity contribution in [3.63, 3.8) is 0 Å². The fourth-order valence-electron chi connectivity index (χ4n) is 3.52. The maximum atomic E-state index is 13.2. The van der Waals surface area contributed by atoms with Gasteiger partial charge in [0.1, 0.15) is 23.2 Å². The Morgan fingerprint density at radius 2 is 1.82 bits per heavy atom. The van der Waals surface area contributed by atoms with Crippen LogP contribution < -0.4 is 15.6 Å². The summed E-state index contributed by atoms with van der Waals surface area (Å²) in [5.41, 5.74) is 1.47. The summed E-state index contributed by atoms with van der Waals surface area (Å²) < 4.78 is 11.9. The van der Waals surface area contributed by atoms with Crippen molar-refractivity contribution in [2.75, 3.05) is 12.4 Å². The number of hydrogen-bond donors (Lipinski definition) is 1. The van der Waals surface area contributed by atoms with Gasteiger partial charge in [-0.3, -0.25) is 14.2 Å². The lowest BCUT2D eigenvalue weighted by molar-refractivity contribution is -0.148. The number of carbonyl (C=O) groups is 2. The van der Waals surface area contributed by atoms with E-state index in [9.17, 15) is 14.4 Å². The molecule has 2 aromatic carbocycles. The Hall–Kier alpha value is -3.98. The van der Waals surface area contributed by atoms with E-state index in [2.05, 4.69) is 10.3 Å². The van der Waals surface area contributed by atoms with E-state index in [1.807, 2.05) is 30.3 Å². The third-order valence-corrected chi connectivity index (χ3v) is 6.62. The maximum Gasteiger partial charge on any atom is 0.329 e. The summed E-state index contributed by atoms with van der Waals surface area (Å²) >= 11 is 1.12. The van der Waals surface area contributed by atoms with Crippen molar-refractivity contribution in [2.45, 2.75) is 26.5 Å². The molecule has 0 saturated heterocycles. The highest BCUT2D eigenvalue weighted by Gasteiger charge is 2.24. The number of nitrogens with one attached hydrogen (secondary N) is 1. The standard InChI is InChI=1S/C25H23N3O5S/c1-15-20-23(34-21(15)22(29)27-18-11-7-8-12-19(18)32-3)26-14-28(24(20)30)16(2)25(31)33-13-17-9-5-4-6-10-17/h4-12,14,16H,13H2,1-3H3,(H,27,29)/t16-/m1/s1. The number of carbonyl (C=O) groups excluding carboxylic acids is 2. The van der Waals surface area contributed by atoms with E-state index < -0.39 is 17.6 Å². The number of aromatic nitrogens is 2. The van der Waals surface area contributed by atoms with Crippen LogP contribution in [0.5, 0.6) is 5.75 Å². The molecular formula is C25H23N3O5S. The van der Waals surface area contributed by atoms with Crippen LogP contribution in [0.25, 0.3) is 10.2 Å². The molecule has 174 valence electrons. The number of thiophene rings is 1. The molecule has 0 aliphatic rings. The fourth-order valence-corrected chi connectivity index (χ4v) is 4.55. The van der Waals surface area contributed by atoms with Crippen molar-refractivity contribution in [3.8, 4) is 5.75 Å². The number of rotatable bonds is 7. The normalized spacial score (nSPS) is 11.7. The van der Waals surface area contributed by atoms with Gasteiger partial charge in [0.15, 0.2) is 0 Å². The van der Waals surface area contributed by atoms with Crippen LogP contribution in [0.3, 0.4) is 0 Å². The van der Waals surface area contributed by atoms with Gasteiger partial charge in [0, 0.05) is 0 Å². The van der Waals surface area contributed by atoms with Crippen LogP contribution in [-0.4, -0.2) is 28.5 Å². The molecule has 8 nitrogen and oxygen atoms in total. The summed E-state index contributed by atoms with van der Waals surface area (Å²) in [6.45, 7) is 3.39. The van der Waals surface area contributed by atoms with Crippen LogP contribution in [0.4, 0.5) is 5.69 Å². The van der Waals surface area contributed by atoms with Gasteiger partial charge in [0.2, 0.25) is 0 Å². The van der Waals surface area contributed by atoms with Crippen LogP contribution >= 0.6 is 11.3 Å². The molecule has 0 radical (unpaired) electrons. The molecule has 0 aliphatic carbocycles. The predicted octanol–water partition coefficient (Wildman–Crippen LogP) is 4.33. The van der Waals surface area contributed by atoms with Gasteiger partial charge < -0.3 is 14.8 Å². The van der Waals surface area contributed by atoms with E-state index >= 15 is 0 Å². The average molecular weight is 478 g/mol. The monoisotopic (exact) mass is 477 g/mol. The van der Waals surface area contributed by atoms with Gasteiger partial charge in [-0.25, -0.2) is 9.78 Å². The lowest BCUT2D eigenvalue weighted by Gasteiger charge is -2.14. The maximum absolute atomic E-state index is 13.2. The van der Waals surface area contributed by atoms with E-state index in [1.54, 1.807) is 38.1 Å². The highest BCUT2D eigenvalue weighted by Crippen LogP contribution is 2.30. The van der Waals surface area contributed by atoms with Crippen molar-refractivity contribution in [1.29, 1.82) is 0 Å². The summed E-state index contributed by atoms with van der Waals surface area (Å²) in [6, 6.07) is 15.5. The van der Waals surface area contributed by atoms with Crippen LogP contribution in [0.1, 0.15) is 33.8 Å². The Kier molecular flexibility index (Phi) is 6.74. The Morgan fingerprint density at radius 1 is 1.12 bits per heavy atom. The number of amides is 1. The molecule has 0 aliphatic heterocycles. The minimum absolute atomic E-state index is 0.110. The second kappa shape index (κ2) is 9.88. The third-order valence-electron chi connectivity index (χ3n) is 5.42. The second-order valence-corrected chi connectivity index (χ2v) is 8.62. The Labute approximate surface area is 199 Å². The number of anilines is 1. The van der Waals surface area contributed by atoms with Gasteiger partial charge in [-0.15, -0.1) is 11.3 Å². The number of hydrogen-bond acceptors (Lipinski definition) is 7. The van der Waals surface area contributed by atoms with Crippen molar-refractivity contribution in [2.24, 2.45) is 0 Å². The molecule has 0 fully saturated rings. The van der Waals surface area contributed by atoms with Gasteiger partial charge in [-0.05, 0) is 37.1 Å². The molecule has 2 aromatic heterocycles. The first-order valence-electron chi connectivity index (χ1n) is 10.6. The van der Waals surface area contributed by atoms with E-state index in [-0.39, 0.29) is 12.5 Å². The van der Waals surface area contributed by atoms with Gasteiger partial charge >= 0.3 is 5.97 Å². The second-order valence-electron chi connectivity index (χ2n) is 7.62. The summed E-state index contributed by atoms with van der Waals surface area (Å²) in [5, 5.41) is 3.13. The predicted molar refractivity (Wildman–Crippen MR) is 131 cm³/mol. The van der Waals surface area contributed by atoms with Crippen molar-refractivity contribution < 1.29 is 19.1 Å². The van der Waals surface area contributed by atoms with Gasteiger partial charge in [0.25, 0.3) is 11.5 Å². The summed E-state index contributed by atoms with van der Waals surface area (Å²) in [5.74, 6) is -0.390. The largest absolute Gasteiger partial charge is 0.495 e. The molecule has 2 heterocycles. The number of nitrogens with zero attached hydrogens (tertiary/aromatic N) is 2. The van der Waals surface area contributed by atoms with Crippen LogP contribution in [-0.2, 0) is 16.1 Å². The molecule has 1 atom stereocenters. The van der Waals surface area contributed by atoms with Crippen molar-refractivity contribution in [1.82, 2.24) is 9.55 Å². The first kappa shape index (κ1) is 23.2. The van der Waals surface area contributed by atoms with E-state index in [1.165, 1.54) is 18.0 Å². The summed E-state index contributed by atoms with van der Waals surface area (Å²) in [4.78, 5) is 43.9. The Bertz CT molecular complexity index is 1410. The molecule has 0 saturated carbocycles. The molecule has 0 spiro atoms. The number of aryl methyl sites for hydroxylation is 1. The topological polar surface area (TPSA) is 99.5 Å². The SMILES string of the molecule is COc1ccccc1NC(=O)c1sc2ncn([C@H](C)C(=O)OCc3ccccc3)c(=O)c2c1C. The van der Waals surface area contributed by atoms with E-state index in [0.29, 0.717) is 32.1 Å². The molecule has 9 heteroatoms. The highest BCUT2D eigenvalue weighted by molar-refractivity contribution is 7.20. The molecule has 1 amide bonds. The van der Waals surface area contributed by atoms with Crippen LogP contribution in [0.15, 0.2) is 65.7 Å². The lowest BCUT2D eigenvalue weighted by atomic mass is 10.2. The number of fused-ring (bicyclic) bond motifs is 1. The number of ether oxygens (including phenoxy) is 2. The number of methoxy groups -OCH3 is 1. The van der Waals surface area contributed by atoms with Gasteiger partial charge in [-0.1, -0.05) is 42.5 Å². The number of benzene rings is 2. The average Bonchev–Trinajstić information content (AvgIpc) is 3.20. The molecule has 34 heavy (non-hydrogen) atoms. The number of esters is 1. The van der Waals surface area contributed by atoms with Gasteiger partial charge in [0.05, 0.1) is 29.4 Å². The summed E-state index contributed by atoms with van der Waals surface area (Å²) in [7, 11) is 1.52. The molecule has 0 bridgehead atoms. The Morgan fingerprint density at radius 3 is 2.56 bits per heavy atom. The zero-order valence-corrected chi connectivity index (χ0v) is 19.7. The number of para-hydroxylation sites is 2. The van der Waals surface area contributed by atoms with Crippen LogP contribution in [0.2, 0.25) is 0 Å². The summed E-state index contributed by atoms with van der Waals surface area (Å²) in [6.07, 6.45) is 1.32. The zero-order valence-electron chi connectivity index (χ0n) is 18.9. The van der Waals surface area contributed by atoms with Crippen molar-refractivity contribution >= 4 is 39.1 Å². The highest BCUT2D eigenvalue weighted by atomic mass is 32.1.